The van der Waals surface area contributed by atoms with E-state index in [1.54, 1.807) is 35.2 Å². The third kappa shape index (κ3) is 8.82. The highest BCUT2D eigenvalue weighted by molar-refractivity contribution is 7.92. The summed E-state index contributed by atoms with van der Waals surface area (Å²) in [6.45, 7) is 8.14. The number of nitrogens with zero attached hydrogens (tertiary/aromatic N) is 2. The zero-order valence-corrected chi connectivity index (χ0v) is 27.3. The molecule has 1 N–H and O–H groups in total. The van der Waals surface area contributed by atoms with Crippen molar-refractivity contribution in [3.05, 3.63) is 131 Å². The number of anilines is 1. The number of carbonyl (C=O) groups excluding carboxylic acids is 2. The van der Waals surface area contributed by atoms with E-state index >= 15 is 0 Å². The monoisotopic (exact) mass is 625 g/mol. The average molecular weight is 626 g/mol. The fraction of sp³-hybridized carbons (Fsp3) is 0.297. The summed E-state index contributed by atoms with van der Waals surface area (Å²) in [6.07, 6.45) is 1.07. The molecule has 7 nitrogen and oxygen atoms in total. The largest absolute Gasteiger partial charge is 0.354 e. The van der Waals surface area contributed by atoms with Gasteiger partial charge < -0.3 is 10.2 Å². The van der Waals surface area contributed by atoms with E-state index < -0.39 is 28.5 Å². The van der Waals surface area contributed by atoms with Crippen LogP contribution in [0.15, 0.2) is 114 Å². The van der Waals surface area contributed by atoms with E-state index in [1.807, 2.05) is 94.4 Å². The van der Waals surface area contributed by atoms with Crippen LogP contribution in [0.4, 0.5) is 5.69 Å². The van der Waals surface area contributed by atoms with Gasteiger partial charge in [0, 0.05) is 19.5 Å². The van der Waals surface area contributed by atoms with Crippen molar-refractivity contribution in [1.82, 2.24) is 10.2 Å². The molecule has 0 aromatic heterocycles. The second-order valence-electron chi connectivity index (χ2n) is 11.6. The lowest BCUT2D eigenvalue weighted by Gasteiger charge is -2.34. The summed E-state index contributed by atoms with van der Waals surface area (Å²) < 4.78 is 29.4. The number of amides is 2. The van der Waals surface area contributed by atoms with Crippen molar-refractivity contribution in [2.45, 2.75) is 58.0 Å². The van der Waals surface area contributed by atoms with Crippen LogP contribution in [-0.4, -0.2) is 44.3 Å². The maximum absolute atomic E-state index is 14.6. The van der Waals surface area contributed by atoms with Gasteiger partial charge in [-0.15, -0.1) is 0 Å². The minimum absolute atomic E-state index is 0.0818. The van der Waals surface area contributed by atoms with Gasteiger partial charge in [0.1, 0.15) is 12.6 Å². The Balaban J connectivity index is 1.80. The van der Waals surface area contributed by atoms with E-state index in [0.29, 0.717) is 12.2 Å². The average Bonchev–Trinajstić information content (AvgIpc) is 3.05. The SMILES string of the molecule is CCc1ccc(N(CC(=O)N(Cc2ccccc2C)C(Cc2ccccc2)C(=O)NCC(C)C)S(=O)(=O)c2ccccc2)cc1. The van der Waals surface area contributed by atoms with Crippen LogP contribution in [0.2, 0.25) is 0 Å². The van der Waals surface area contributed by atoms with Crippen molar-refractivity contribution in [2.75, 3.05) is 17.4 Å². The van der Waals surface area contributed by atoms with Crippen LogP contribution in [0, 0.1) is 12.8 Å². The standard InChI is InChI=1S/C37H43N3O4S/c1-5-30-20-22-33(23-21-30)40(45(43,44)34-18-10-7-11-19-34)27-36(41)39(26-32-17-13-12-14-29(32)4)35(37(42)38-25-28(2)3)24-31-15-8-6-9-16-31/h6-23,28,35H,5,24-27H2,1-4H3,(H,38,42). The van der Waals surface area contributed by atoms with Crippen molar-refractivity contribution < 1.29 is 18.0 Å². The van der Waals surface area contributed by atoms with Crippen molar-refractivity contribution >= 4 is 27.5 Å². The van der Waals surface area contributed by atoms with Crippen LogP contribution < -0.4 is 9.62 Å². The summed E-state index contributed by atoms with van der Waals surface area (Å²) in [4.78, 5) is 30.1. The molecule has 236 valence electrons. The highest BCUT2D eigenvalue weighted by Gasteiger charge is 2.34. The van der Waals surface area contributed by atoms with Gasteiger partial charge in [-0.2, -0.15) is 0 Å². The third-order valence-electron chi connectivity index (χ3n) is 7.80. The minimum atomic E-state index is -4.12. The Kier molecular flexibility index (Phi) is 11.5. The zero-order valence-electron chi connectivity index (χ0n) is 26.5. The summed E-state index contributed by atoms with van der Waals surface area (Å²) in [7, 11) is -4.12. The Labute approximate surface area is 268 Å². The molecular formula is C37H43N3O4S. The van der Waals surface area contributed by atoms with Crippen LogP contribution in [0.3, 0.4) is 0 Å². The van der Waals surface area contributed by atoms with E-state index in [9.17, 15) is 18.0 Å². The van der Waals surface area contributed by atoms with Crippen molar-refractivity contribution in [1.29, 1.82) is 0 Å². The lowest BCUT2D eigenvalue weighted by atomic mass is 10.0. The minimum Gasteiger partial charge on any atom is -0.354 e. The number of hydrogen-bond acceptors (Lipinski definition) is 4. The van der Waals surface area contributed by atoms with Crippen molar-refractivity contribution in [3.63, 3.8) is 0 Å². The molecule has 0 fully saturated rings. The van der Waals surface area contributed by atoms with Gasteiger partial charge >= 0.3 is 0 Å². The second-order valence-corrected chi connectivity index (χ2v) is 13.5. The van der Waals surface area contributed by atoms with Gasteiger partial charge in [-0.3, -0.25) is 13.9 Å². The van der Waals surface area contributed by atoms with Gasteiger partial charge in [0.15, 0.2) is 0 Å². The molecule has 1 atom stereocenters. The Morgan fingerprint density at radius 1 is 0.778 bits per heavy atom. The Morgan fingerprint density at radius 3 is 1.98 bits per heavy atom. The first kappa shape index (κ1) is 33.5. The Morgan fingerprint density at radius 2 is 1.38 bits per heavy atom. The van der Waals surface area contributed by atoms with E-state index in [-0.39, 0.29) is 29.7 Å². The molecule has 0 aliphatic rings. The molecule has 0 aliphatic heterocycles. The third-order valence-corrected chi connectivity index (χ3v) is 9.59. The smallest absolute Gasteiger partial charge is 0.264 e. The molecule has 4 rings (SSSR count). The number of benzene rings is 4. The first-order chi connectivity index (χ1) is 21.6. The molecule has 0 saturated carbocycles. The normalized spacial score (nSPS) is 12.0. The molecular weight excluding hydrogens is 582 g/mol. The summed E-state index contributed by atoms with van der Waals surface area (Å²) >= 11 is 0. The van der Waals surface area contributed by atoms with Gasteiger partial charge in [0.25, 0.3) is 10.0 Å². The van der Waals surface area contributed by atoms with Gasteiger partial charge in [-0.1, -0.05) is 106 Å². The second kappa shape index (κ2) is 15.5. The highest BCUT2D eigenvalue weighted by Crippen LogP contribution is 2.26. The number of nitrogens with one attached hydrogen (secondary N) is 1. The van der Waals surface area contributed by atoms with Gasteiger partial charge in [0.2, 0.25) is 11.8 Å². The van der Waals surface area contributed by atoms with Gasteiger partial charge in [-0.05, 0) is 65.8 Å². The van der Waals surface area contributed by atoms with E-state index in [4.69, 9.17) is 0 Å². The molecule has 1 unspecified atom stereocenters. The molecule has 4 aromatic rings. The molecule has 8 heteroatoms. The predicted molar refractivity (Wildman–Crippen MR) is 180 cm³/mol. The quantitative estimate of drug-likeness (QED) is 0.182. The van der Waals surface area contributed by atoms with Crippen LogP contribution in [0.25, 0.3) is 0 Å². The number of hydrogen-bond donors (Lipinski definition) is 1. The molecule has 0 heterocycles. The Bertz CT molecular complexity index is 1660. The highest BCUT2D eigenvalue weighted by atomic mass is 32.2. The summed E-state index contributed by atoms with van der Waals surface area (Å²) in [5.74, 6) is -0.540. The zero-order chi connectivity index (χ0) is 32.4. The molecule has 0 radical (unpaired) electrons. The van der Waals surface area contributed by atoms with Crippen molar-refractivity contribution in [3.8, 4) is 0 Å². The molecule has 0 saturated heterocycles. The van der Waals surface area contributed by atoms with Gasteiger partial charge in [0.05, 0.1) is 10.6 Å². The molecule has 0 aliphatic carbocycles. The lowest BCUT2D eigenvalue weighted by Crippen LogP contribution is -2.53. The van der Waals surface area contributed by atoms with E-state index in [1.165, 1.54) is 12.1 Å². The van der Waals surface area contributed by atoms with E-state index in [2.05, 4.69) is 5.32 Å². The molecule has 45 heavy (non-hydrogen) atoms. The number of sulfonamides is 1. The molecule has 0 bridgehead atoms. The predicted octanol–water partition coefficient (Wildman–Crippen LogP) is 6.17. The van der Waals surface area contributed by atoms with Gasteiger partial charge in [-0.25, -0.2) is 8.42 Å². The van der Waals surface area contributed by atoms with Crippen LogP contribution in [0.1, 0.15) is 43.0 Å². The lowest BCUT2D eigenvalue weighted by molar-refractivity contribution is -0.140. The van der Waals surface area contributed by atoms with Crippen molar-refractivity contribution in [2.24, 2.45) is 5.92 Å². The molecule has 4 aromatic carbocycles. The summed E-state index contributed by atoms with van der Waals surface area (Å²) in [5.41, 5.74) is 4.18. The maximum atomic E-state index is 14.6. The Hall–Kier alpha value is -4.43. The molecule has 0 spiro atoms. The number of rotatable bonds is 14. The topological polar surface area (TPSA) is 86.8 Å². The number of carbonyl (C=O) groups is 2. The number of aryl methyl sites for hydroxylation is 2. The fourth-order valence-corrected chi connectivity index (χ4v) is 6.53. The summed E-state index contributed by atoms with van der Waals surface area (Å²) in [6, 6.07) is 31.7. The first-order valence-electron chi connectivity index (χ1n) is 15.4. The summed E-state index contributed by atoms with van der Waals surface area (Å²) in [5, 5.41) is 3.03. The van der Waals surface area contributed by atoms with E-state index in [0.717, 1.165) is 33.0 Å². The molecule has 2 amide bonds. The van der Waals surface area contributed by atoms with Crippen LogP contribution in [0.5, 0.6) is 0 Å². The first-order valence-corrected chi connectivity index (χ1v) is 16.9. The van der Waals surface area contributed by atoms with Crippen LogP contribution >= 0.6 is 0 Å². The maximum Gasteiger partial charge on any atom is 0.264 e. The fourth-order valence-electron chi connectivity index (χ4n) is 5.09. The van der Waals surface area contributed by atoms with Crippen LogP contribution in [-0.2, 0) is 39.0 Å².